The zero-order chi connectivity index (χ0) is 14.2. The topological polar surface area (TPSA) is 45.2 Å². The average Bonchev–Trinajstić information content (AvgIpc) is 2.41. The van der Waals surface area contributed by atoms with Crippen LogP contribution in [0.5, 0.6) is 11.5 Å². The second-order valence-corrected chi connectivity index (χ2v) is 5.16. The number of methoxy groups -OCH3 is 2. The number of anilines is 1. The SMILES string of the molecule is COc1ccc(OC)c2c1N(C)CCC2(C)N(C)O. The van der Waals surface area contributed by atoms with Gasteiger partial charge in [0.05, 0.1) is 25.4 Å². The van der Waals surface area contributed by atoms with Crippen molar-refractivity contribution in [1.29, 1.82) is 0 Å². The second-order valence-electron chi connectivity index (χ2n) is 5.16. The molecule has 1 N–H and O–H groups in total. The molecule has 5 heteroatoms. The fourth-order valence-corrected chi connectivity index (χ4v) is 2.73. The van der Waals surface area contributed by atoms with Crippen molar-refractivity contribution in [1.82, 2.24) is 5.06 Å². The van der Waals surface area contributed by atoms with Crippen LogP contribution in [0.3, 0.4) is 0 Å². The molecular weight excluding hydrogens is 244 g/mol. The third kappa shape index (κ3) is 2.03. The van der Waals surface area contributed by atoms with Crippen molar-refractivity contribution in [3.05, 3.63) is 17.7 Å². The van der Waals surface area contributed by atoms with E-state index in [4.69, 9.17) is 9.47 Å². The van der Waals surface area contributed by atoms with Crippen LogP contribution in [0, 0.1) is 0 Å². The maximum absolute atomic E-state index is 10.1. The molecule has 1 aliphatic heterocycles. The number of ether oxygens (including phenoxy) is 2. The lowest BCUT2D eigenvalue weighted by Gasteiger charge is -2.44. The molecule has 1 heterocycles. The first kappa shape index (κ1) is 14.0. The van der Waals surface area contributed by atoms with Gasteiger partial charge in [0.25, 0.3) is 0 Å². The zero-order valence-corrected chi connectivity index (χ0v) is 12.2. The summed E-state index contributed by atoms with van der Waals surface area (Å²) < 4.78 is 10.9. The van der Waals surface area contributed by atoms with Crippen molar-refractivity contribution in [2.45, 2.75) is 18.9 Å². The van der Waals surface area contributed by atoms with E-state index in [1.165, 1.54) is 5.06 Å². The smallest absolute Gasteiger partial charge is 0.142 e. The Bertz CT molecular complexity index is 476. The van der Waals surface area contributed by atoms with Crippen LogP contribution in [0.25, 0.3) is 0 Å². The molecule has 0 amide bonds. The van der Waals surface area contributed by atoms with Crippen LogP contribution in [0.1, 0.15) is 18.9 Å². The highest BCUT2D eigenvalue weighted by molar-refractivity contribution is 5.71. The standard InChI is InChI=1S/C14H22N2O3/c1-14(16(3)17)8-9-15(2)13-11(19-5)7-6-10(18-4)12(13)14/h6-7,17H,8-9H2,1-5H3. The van der Waals surface area contributed by atoms with Crippen molar-refractivity contribution in [2.24, 2.45) is 0 Å². The van der Waals surface area contributed by atoms with E-state index in [9.17, 15) is 5.21 Å². The van der Waals surface area contributed by atoms with E-state index in [0.29, 0.717) is 0 Å². The van der Waals surface area contributed by atoms with Crippen LogP contribution in [-0.2, 0) is 5.54 Å². The maximum Gasteiger partial charge on any atom is 0.142 e. The largest absolute Gasteiger partial charge is 0.496 e. The van der Waals surface area contributed by atoms with Crippen LogP contribution in [0.4, 0.5) is 5.69 Å². The summed E-state index contributed by atoms with van der Waals surface area (Å²) in [5.41, 5.74) is 1.46. The average molecular weight is 266 g/mol. The Kier molecular flexibility index (Phi) is 3.60. The molecular formula is C14H22N2O3. The monoisotopic (exact) mass is 266 g/mol. The minimum absolute atomic E-state index is 0.484. The van der Waals surface area contributed by atoms with Crippen LogP contribution in [0.2, 0.25) is 0 Å². The minimum Gasteiger partial charge on any atom is -0.496 e. The summed E-state index contributed by atoms with van der Waals surface area (Å²) in [5, 5.41) is 11.3. The number of rotatable bonds is 3. The number of hydrogen-bond acceptors (Lipinski definition) is 5. The van der Waals surface area contributed by atoms with E-state index in [0.717, 1.165) is 35.7 Å². The van der Waals surface area contributed by atoms with E-state index in [-0.39, 0.29) is 0 Å². The van der Waals surface area contributed by atoms with Crippen molar-refractivity contribution >= 4 is 5.69 Å². The minimum atomic E-state index is -0.484. The highest BCUT2D eigenvalue weighted by atomic mass is 16.5. The van der Waals surface area contributed by atoms with Gasteiger partial charge in [-0.1, -0.05) is 0 Å². The van der Waals surface area contributed by atoms with Crippen molar-refractivity contribution < 1.29 is 14.7 Å². The summed E-state index contributed by atoms with van der Waals surface area (Å²) >= 11 is 0. The Morgan fingerprint density at radius 1 is 1.26 bits per heavy atom. The summed E-state index contributed by atoms with van der Waals surface area (Å²) in [6.07, 6.45) is 0.813. The van der Waals surface area contributed by atoms with Gasteiger partial charge in [0.15, 0.2) is 0 Å². The fourth-order valence-electron chi connectivity index (χ4n) is 2.73. The third-order valence-electron chi connectivity index (χ3n) is 4.11. The van der Waals surface area contributed by atoms with Crippen molar-refractivity contribution in [3.63, 3.8) is 0 Å². The number of hydrogen-bond donors (Lipinski definition) is 1. The number of benzene rings is 1. The van der Waals surface area contributed by atoms with E-state index in [1.807, 2.05) is 26.1 Å². The second kappa shape index (κ2) is 4.90. The lowest BCUT2D eigenvalue weighted by atomic mass is 9.82. The molecule has 0 bridgehead atoms. The molecule has 5 nitrogen and oxygen atoms in total. The Morgan fingerprint density at radius 3 is 2.37 bits per heavy atom. The zero-order valence-electron chi connectivity index (χ0n) is 12.2. The van der Waals surface area contributed by atoms with Crippen LogP contribution >= 0.6 is 0 Å². The Labute approximate surface area is 114 Å². The van der Waals surface area contributed by atoms with Gasteiger partial charge < -0.3 is 19.6 Å². The van der Waals surface area contributed by atoms with E-state index < -0.39 is 5.54 Å². The molecule has 2 rings (SSSR count). The molecule has 1 aromatic carbocycles. The van der Waals surface area contributed by atoms with Gasteiger partial charge in [0, 0.05) is 26.2 Å². The molecule has 1 atom stereocenters. The van der Waals surface area contributed by atoms with Crippen LogP contribution < -0.4 is 14.4 Å². The Morgan fingerprint density at radius 2 is 1.84 bits per heavy atom. The third-order valence-corrected chi connectivity index (χ3v) is 4.11. The number of hydroxylamine groups is 2. The Balaban J connectivity index is 2.74. The van der Waals surface area contributed by atoms with Gasteiger partial charge in [0.2, 0.25) is 0 Å². The van der Waals surface area contributed by atoms with Gasteiger partial charge in [-0.25, -0.2) is 0 Å². The molecule has 106 valence electrons. The van der Waals surface area contributed by atoms with Crippen molar-refractivity contribution in [2.75, 3.05) is 39.8 Å². The van der Waals surface area contributed by atoms with Gasteiger partial charge in [0.1, 0.15) is 11.5 Å². The van der Waals surface area contributed by atoms with Gasteiger partial charge in [-0.2, -0.15) is 5.06 Å². The molecule has 1 aromatic rings. The summed E-state index contributed by atoms with van der Waals surface area (Å²) in [4.78, 5) is 2.14. The summed E-state index contributed by atoms with van der Waals surface area (Å²) in [7, 11) is 7.00. The molecule has 0 spiro atoms. The van der Waals surface area contributed by atoms with E-state index in [2.05, 4.69) is 4.90 Å². The first-order chi connectivity index (χ1) is 8.95. The van der Waals surface area contributed by atoms with Gasteiger partial charge in [-0.15, -0.1) is 0 Å². The molecule has 0 aliphatic carbocycles. The number of fused-ring (bicyclic) bond motifs is 1. The lowest BCUT2D eigenvalue weighted by molar-refractivity contribution is -0.154. The van der Waals surface area contributed by atoms with Crippen LogP contribution in [-0.4, -0.2) is 45.1 Å². The summed E-state index contributed by atoms with van der Waals surface area (Å²) in [6.45, 7) is 2.86. The molecule has 0 aromatic heterocycles. The predicted octanol–water partition coefficient (Wildman–Crippen LogP) is 2.08. The Hall–Kier alpha value is -1.46. The highest BCUT2D eigenvalue weighted by Crippen LogP contribution is 2.49. The predicted molar refractivity (Wildman–Crippen MR) is 74.3 cm³/mol. The van der Waals surface area contributed by atoms with E-state index in [1.54, 1.807) is 21.3 Å². The lowest BCUT2D eigenvalue weighted by Crippen LogP contribution is -2.46. The molecule has 1 aliphatic rings. The molecule has 0 saturated heterocycles. The normalized spacial score (nSPS) is 22.4. The maximum atomic E-state index is 10.1. The molecule has 1 unspecified atom stereocenters. The molecule has 0 saturated carbocycles. The molecule has 0 fully saturated rings. The first-order valence-electron chi connectivity index (χ1n) is 6.35. The molecule has 19 heavy (non-hydrogen) atoms. The summed E-state index contributed by atoms with van der Waals surface area (Å²) in [6, 6.07) is 3.79. The summed E-state index contributed by atoms with van der Waals surface area (Å²) in [5.74, 6) is 1.57. The van der Waals surface area contributed by atoms with Gasteiger partial charge in [-0.05, 0) is 25.5 Å². The van der Waals surface area contributed by atoms with Gasteiger partial charge in [-0.3, -0.25) is 0 Å². The first-order valence-corrected chi connectivity index (χ1v) is 6.35. The molecule has 0 radical (unpaired) electrons. The van der Waals surface area contributed by atoms with Gasteiger partial charge >= 0.3 is 0 Å². The van der Waals surface area contributed by atoms with Crippen LogP contribution in [0.15, 0.2) is 12.1 Å². The van der Waals surface area contributed by atoms with E-state index >= 15 is 0 Å². The fraction of sp³-hybridized carbons (Fsp3) is 0.571. The highest BCUT2D eigenvalue weighted by Gasteiger charge is 2.41. The van der Waals surface area contributed by atoms with Crippen molar-refractivity contribution in [3.8, 4) is 11.5 Å². The number of nitrogens with zero attached hydrogens (tertiary/aromatic N) is 2. The quantitative estimate of drug-likeness (QED) is 0.849.